The molecule has 0 bridgehead atoms. The Balaban J connectivity index is 2.20. The molecule has 1 fully saturated rings. The van der Waals surface area contributed by atoms with Crippen LogP contribution in [0.5, 0.6) is 0 Å². The highest BCUT2D eigenvalue weighted by molar-refractivity contribution is 6.17. The number of hydrogen-bond acceptors (Lipinski definition) is 1. The van der Waals surface area contributed by atoms with Crippen LogP contribution in [0.2, 0.25) is 0 Å². The van der Waals surface area contributed by atoms with Crippen LogP contribution >= 0.6 is 11.6 Å². The molecule has 0 aromatic heterocycles. The molecular formula is C16H22ClNO. The second-order valence-electron chi connectivity index (χ2n) is 5.37. The molecule has 0 unspecified atom stereocenters. The van der Waals surface area contributed by atoms with E-state index in [0.717, 1.165) is 36.9 Å². The lowest BCUT2D eigenvalue weighted by molar-refractivity contribution is 0.0580. The predicted octanol–water partition coefficient (Wildman–Crippen LogP) is 3.93. The molecule has 1 aromatic rings. The van der Waals surface area contributed by atoms with Gasteiger partial charge < -0.3 is 4.90 Å². The van der Waals surface area contributed by atoms with E-state index < -0.39 is 0 Å². The van der Waals surface area contributed by atoms with Gasteiger partial charge >= 0.3 is 0 Å². The number of benzene rings is 1. The lowest BCUT2D eigenvalue weighted by Gasteiger charge is -2.38. The first-order valence-corrected chi connectivity index (χ1v) is 7.61. The summed E-state index contributed by atoms with van der Waals surface area (Å²) in [6.45, 7) is 4.86. The minimum atomic E-state index is 0.177. The Kier molecular flexibility index (Phi) is 4.87. The van der Waals surface area contributed by atoms with E-state index in [0.29, 0.717) is 11.9 Å². The lowest BCUT2D eigenvalue weighted by atomic mass is 9.90. The number of rotatable bonds is 5. The van der Waals surface area contributed by atoms with Crippen LogP contribution < -0.4 is 0 Å². The van der Waals surface area contributed by atoms with Gasteiger partial charge in [-0.3, -0.25) is 4.79 Å². The van der Waals surface area contributed by atoms with E-state index in [1.807, 2.05) is 24.0 Å². The van der Waals surface area contributed by atoms with Gasteiger partial charge in [-0.25, -0.2) is 0 Å². The maximum Gasteiger partial charge on any atom is 0.254 e. The number of nitrogens with zero attached hydrogens (tertiary/aromatic N) is 1. The molecule has 0 heterocycles. The summed E-state index contributed by atoms with van der Waals surface area (Å²) in [5.41, 5.74) is 3.13. The van der Waals surface area contributed by atoms with Gasteiger partial charge in [0.05, 0.1) is 0 Å². The lowest BCUT2D eigenvalue weighted by Crippen LogP contribution is -2.45. The Hall–Kier alpha value is -1.02. The molecule has 0 N–H and O–H groups in total. The topological polar surface area (TPSA) is 20.3 Å². The summed E-state index contributed by atoms with van der Waals surface area (Å²) in [4.78, 5) is 14.8. The summed E-state index contributed by atoms with van der Waals surface area (Å²) in [5, 5.41) is 0. The van der Waals surface area contributed by atoms with Gasteiger partial charge in [0.25, 0.3) is 5.91 Å². The van der Waals surface area contributed by atoms with Crippen LogP contribution in [0.1, 0.15) is 47.2 Å². The number of hydrogen-bond donors (Lipinski definition) is 0. The Bertz CT molecular complexity index is 454. The molecule has 2 nitrogen and oxygen atoms in total. The molecule has 1 saturated carbocycles. The van der Waals surface area contributed by atoms with E-state index in [1.54, 1.807) is 0 Å². The van der Waals surface area contributed by atoms with Crippen molar-refractivity contribution in [2.24, 2.45) is 0 Å². The standard InChI is InChI=1S/C16H22ClNO/c1-12-6-3-9-15(13(12)2)16(19)18(11-5-10-17)14-7-4-8-14/h3,6,9,14H,4-5,7-8,10-11H2,1-2H3. The molecule has 104 valence electrons. The van der Waals surface area contributed by atoms with Crippen molar-refractivity contribution in [1.82, 2.24) is 4.90 Å². The predicted molar refractivity (Wildman–Crippen MR) is 79.9 cm³/mol. The first-order chi connectivity index (χ1) is 9.15. The van der Waals surface area contributed by atoms with Gasteiger partial charge in [0.2, 0.25) is 0 Å². The van der Waals surface area contributed by atoms with Crippen LogP contribution in [-0.2, 0) is 0 Å². The first kappa shape index (κ1) is 14.4. The van der Waals surface area contributed by atoms with E-state index in [-0.39, 0.29) is 5.91 Å². The second kappa shape index (κ2) is 6.42. The molecular weight excluding hydrogens is 258 g/mol. The summed E-state index contributed by atoms with van der Waals surface area (Å²) in [7, 11) is 0. The van der Waals surface area contributed by atoms with Gasteiger partial charge in [-0.2, -0.15) is 0 Å². The van der Waals surface area contributed by atoms with Gasteiger partial charge in [0.15, 0.2) is 0 Å². The number of alkyl halides is 1. The molecule has 0 atom stereocenters. The normalized spacial score (nSPS) is 15.1. The number of aryl methyl sites for hydroxylation is 1. The fourth-order valence-corrected chi connectivity index (χ4v) is 2.64. The van der Waals surface area contributed by atoms with E-state index >= 15 is 0 Å². The maximum absolute atomic E-state index is 12.7. The van der Waals surface area contributed by atoms with Crippen molar-refractivity contribution in [2.75, 3.05) is 12.4 Å². The third-order valence-corrected chi connectivity index (χ3v) is 4.41. The second-order valence-corrected chi connectivity index (χ2v) is 5.75. The monoisotopic (exact) mass is 279 g/mol. The average Bonchev–Trinajstić information content (AvgIpc) is 2.34. The highest BCUT2D eigenvalue weighted by atomic mass is 35.5. The summed E-state index contributed by atoms with van der Waals surface area (Å²) < 4.78 is 0. The van der Waals surface area contributed by atoms with Crippen LogP contribution in [0.3, 0.4) is 0 Å². The van der Waals surface area contributed by atoms with Gasteiger partial charge in [-0.15, -0.1) is 11.6 Å². The van der Waals surface area contributed by atoms with Crippen molar-refractivity contribution in [3.05, 3.63) is 34.9 Å². The summed E-state index contributed by atoms with van der Waals surface area (Å²) in [6.07, 6.45) is 4.38. The third-order valence-electron chi connectivity index (χ3n) is 4.14. The number of amides is 1. The molecule has 1 aliphatic rings. The van der Waals surface area contributed by atoms with Crippen molar-refractivity contribution in [3.63, 3.8) is 0 Å². The Morgan fingerprint density at radius 2 is 2.11 bits per heavy atom. The largest absolute Gasteiger partial charge is 0.336 e. The van der Waals surface area contributed by atoms with Gasteiger partial charge in [0.1, 0.15) is 0 Å². The highest BCUT2D eigenvalue weighted by Gasteiger charge is 2.29. The molecule has 2 rings (SSSR count). The van der Waals surface area contributed by atoms with Gasteiger partial charge in [-0.05, 0) is 56.7 Å². The van der Waals surface area contributed by atoms with Crippen LogP contribution in [0.25, 0.3) is 0 Å². The van der Waals surface area contributed by atoms with Crippen molar-refractivity contribution >= 4 is 17.5 Å². The Morgan fingerprint density at radius 3 is 2.68 bits per heavy atom. The summed E-state index contributed by atoms with van der Waals surface area (Å²) in [6, 6.07) is 6.39. The van der Waals surface area contributed by atoms with Crippen molar-refractivity contribution < 1.29 is 4.79 Å². The number of carbonyl (C=O) groups is 1. The average molecular weight is 280 g/mol. The molecule has 0 saturated heterocycles. The molecule has 1 aliphatic carbocycles. The fourth-order valence-electron chi connectivity index (χ4n) is 2.52. The van der Waals surface area contributed by atoms with Crippen molar-refractivity contribution in [1.29, 1.82) is 0 Å². The van der Waals surface area contributed by atoms with Gasteiger partial charge in [0, 0.05) is 24.0 Å². The fraction of sp³-hybridized carbons (Fsp3) is 0.562. The molecule has 0 spiro atoms. The zero-order valence-electron chi connectivity index (χ0n) is 11.8. The van der Waals surface area contributed by atoms with Crippen LogP contribution in [0.4, 0.5) is 0 Å². The maximum atomic E-state index is 12.7. The first-order valence-electron chi connectivity index (χ1n) is 7.08. The minimum absolute atomic E-state index is 0.177. The third kappa shape index (κ3) is 3.11. The van der Waals surface area contributed by atoms with Crippen LogP contribution in [-0.4, -0.2) is 29.3 Å². The minimum Gasteiger partial charge on any atom is -0.336 e. The van der Waals surface area contributed by atoms with Crippen LogP contribution in [0, 0.1) is 13.8 Å². The van der Waals surface area contributed by atoms with Crippen molar-refractivity contribution in [2.45, 2.75) is 45.6 Å². The molecule has 19 heavy (non-hydrogen) atoms. The zero-order chi connectivity index (χ0) is 13.8. The number of halogens is 1. The molecule has 0 aliphatic heterocycles. The smallest absolute Gasteiger partial charge is 0.254 e. The van der Waals surface area contributed by atoms with Crippen LogP contribution in [0.15, 0.2) is 18.2 Å². The Morgan fingerprint density at radius 1 is 1.37 bits per heavy atom. The SMILES string of the molecule is Cc1cccc(C(=O)N(CCCCl)C2CCC2)c1C. The molecule has 3 heteroatoms. The summed E-state index contributed by atoms with van der Waals surface area (Å²) >= 11 is 5.78. The molecule has 1 amide bonds. The summed E-state index contributed by atoms with van der Waals surface area (Å²) in [5.74, 6) is 0.791. The Labute approximate surface area is 120 Å². The highest BCUT2D eigenvalue weighted by Crippen LogP contribution is 2.27. The van der Waals surface area contributed by atoms with E-state index in [9.17, 15) is 4.79 Å². The molecule has 1 aromatic carbocycles. The van der Waals surface area contributed by atoms with E-state index in [4.69, 9.17) is 11.6 Å². The van der Waals surface area contributed by atoms with E-state index in [1.165, 1.54) is 12.0 Å². The number of carbonyl (C=O) groups excluding carboxylic acids is 1. The van der Waals surface area contributed by atoms with Gasteiger partial charge in [-0.1, -0.05) is 12.1 Å². The van der Waals surface area contributed by atoms with E-state index in [2.05, 4.69) is 13.0 Å². The molecule has 0 radical (unpaired) electrons. The van der Waals surface area contributed by atoms with Crippen molar-refractivity contribution in [3.8, 4) is 0 Å². The zero-order valence-corrected chi connectivity index (χ0v) is 12.5. The quantitative estimate of drug-likeness (QED) is 0.748.